The smallest absolute Gasteiger partial charge is 0.314 e. The van der Waals surface area contributed by atoms with Crippen molar-refractivity contribution in [2.45, 2.75) is 27.7 Å². The number of benzene rings is 1. The molecule has 0 bridgehead atoms. The number of nitrogens with one attached hydrogen (secondary N) is 3. The van der Waals surface area contributed by atoms with Crippen LogP contribution in [-0.2, 0) is 0 Å². The van der Waals surface area contributed by atoms with Gasteiger partial charge in [0.2, 0.25) is 0 Å². The quantitative estimate of drug-likeness (QED) is 0.781. The SMILES string of the molecule is C/C(=C\NC(=O)Nc1ccc2cn[nH]c2c1)C(C)(C)C. The van der Waals surface area contributed by atoms with Crippen molar-refractivity contribution in [2.75, 3.05) is 5.32 Å². The number of carbonyl (C=O) groups excluding carboxylic acids is 1. The summed E-state index contributed by atoms with van der Waals surface area (Å²) in [5.74, 6) is 0. The number of carbonyl (C=O) groups is 1. The summed E-state index contributed by atoms with van der Waals surface area (Å²) in [6, 6.07) is 5.34. The highest BCUT2D eigenvalue weighted by molar-refractivity contribution is 5.92. The molecule has 5 nitrogen and oxygen atoms in total. The lowest BCUT2D eigenvalue weighted by Gasteiger charge is -2.19. The summed E-state index contributed by atoms with van der Waals surface area (Å²) in [5, 5.41) is 13.4. The van der Waals surface area contributed by atoms with Gasteiger partial charge < -0.3 is 10.6 Å². The molecule has 1 heterocycles. The van der Waals surface area contributed by atoms with Gasteiger partial charge in [-0.05, 0) is 30.5 Å². The van der Waals surface area contributed by atoms with E-state index in [1.807, 2.05) is 25.1 Å². The highest BCUT2D eigenvalue weighted by atomic mass is 16.2. The van der Waals surface area contributed by atoms with Crippen molar-refractivity contribution in [1.29, 1.82) is 0 Å². The van der Waals surface area contributed by atoms with Crippen LogP contribution in [0.4, 0.5) is 10.5 Å². The first-order valence-electron chi connectivity index (χ1n) is 6.54. The number of allylic oxidation sites excluding steroid dienone is 1. The second kappa shape index (κ2) is 5.36. The number of aromatic nitrogens is 2. The van der Waals surface area contributed by atoms with Gasteiger partial charge in [0.25, 0.3) is 0 Å². The third-order valence-corrected chi connectivity index (χ3v) is 3.30. The molecule has 0 spiro atoms. The highest BCUT2D eigenvalue weighted by Gasteiger charge is 2.12. The summed E-state index contributed by atoms with van der Waals surface area (Å²) < 4.78 is 0. The van der Waals surface area contributed by atoms with Gasteiger partial charge in [-0.15, -0.1) is 0 Å². The van der Waals surface area contributed by atoms with Crippen LogP contribution in [0.25, 0.3) is 10.9 Å². The minimum absolute atomic E-state index is 0.0438. The van der Waals surface area contributed by atoms with Crippen LogP contribution in [0.3, 0.4) is 0 Å². The van der Waals surface area contributed by atoms with Crippen LogP contribution in [0.15, 0.2) is 36.2 Å². The van der Waals surface area contributed by atoms with E-state index < -0.39 is 0 Å². The minimum Gasteiger partial charge on any atom is -0.314 e. The van der Waals surface area contributed by atoms with Gasteiger partial charge in [0.1, 0.15) is 0 Å². The Morgan fingerprint density at radius 1 is 1.35 bits per heavy atom. The Bertz CT molecular complexity index is 649. The number of amides is 2. The molecule has 106 valence electrons. The van der Waals surface area contributed by atoms with Crippen LogP contribution in [-0.4, -0.2) is 16.2 Å². The largest absolute Gasteiger partial charge is 0.323 e. The molecule has 0 atom stereocenters. The number of hydrogen-bond donors (Lipinski definition) is 3. The molecule has 2 rings (SSSR count). The first-order valence-corrected chi connectivity index (χ1v) is 6.54. The Hall–Kier alpha value is -2.30. The van der Waals surface area contributed by atoms with E-state index >= 15 is 0 Å². The summed E-state index contributed by atoms with van der Waals surface area (Å²) in [7, 11) is 0. The van der Waals surface area contributed by atoms with Gasteiger partial charge in [0.05, 0.1) is 11.7 Å². The van der Waals surface area contributed by atoms with Crippen molar-refractivity contribution >= 4 is 22.6 Å². The number of anilines is 1. The lowest BCUT2D eigenvalue weighted by atomic mass is 9.88. The third kappa shape index (κ3) is 3.38. The van der Waals surface area contributed by atoms with Gasteiger partial charge in [-0.2, -0.15) is 5.10 Å². The van der Waals surface area contributed by atoms with Crippen molar-refractivity contribution < 1.29 is 4.79 Å². The predicted octanol–water partition coefficient (Wildman–Crippen LogP) is 3.63. The van der Waals surface area contributed by atoms with Crippen molar-refractivity contribution in [3.63, 3.8) is 0 Å². The first-order chi connectivity index (χ1) is 9.36. The van der Waals surface area contributed by atoms with Crippen LogP contribution in [0.2, 0.25) is 0 Å². The average molecular weight is 272 g/mol. The molecular formula is C15H20N4O. The summed E-state index contributed by atoms with van der Waals surface area (Å²) in [6.07, 6.45) is 3.48. The summed E-state index contributed by atoms with van der Waals surface area (Å²) in [5.41, 5.74) is 2.77. The van der Waals surface area contributed by atoms with Crippen molar-refractivity contribution in [1.82, 2.24) is 15.5 Å². The van der Waals surface area contributed by atoms with E-state index in [1.54, 1.807) is 12.4 Å². The molecule has 0 fully saturated rings. The third-order valence-electron chi connectivity index (χ3n) is 3.30. The number of aromatic amines is 1. The van der Waals surface area contributed by atoms with E-state index in [1.165, 1.54) is 0 Å². The fraction of sp³-hybridized carbons (Fsp3) is 0.333. The standard InChI is InChI=1S/C15H20N4O/c1-10(15(2,3)4)8-16-14(20)18-12-6-5-11-9-17-19-13(11)7-12/h5-9H,1-4H3,(H,17,19)(H2,16,18,20)/b10-8+. The Morgan fingerprint density at radius 2 is 2.10 bits per heavy atom. The summed E-state index contributed by atoms with van der Waals surface area (Å²) in [4.78, 5) is 11.8. The number of nitrogens with zero attached hydrogens (tertiary/aromatic N) is 1. The normalized spacial score (nSPS) is 12.5. The highest BCUT2D eigenvalue weighted by Crippen LogP contribution is 2.23. The van der Waals surface area contributed by atoms with Gasteiger partial charge in [-0.3, -0.25) is 5.10 Å². The molecule has 0 saturated carbocycles. The average Bonchev–Trinajstić information content (AvgIpc) is 2.82. The van der Waals surface area contributed by atoms with Crippen LogP contribution >= 0.6 is 0 Å². The number of H-pyrrole nitrogens is 1. The Morgan fingerprint density at radius 3 is 2.80 bits per heavy atom. The summed E-state index contributed by atoms with van der Waals surface area (Å²) >= 11 is 0. The van der Waals surface area contributed by atoms with Crippen molar-refractivity contribution in [3.05, 3.63) is 36.2 Å². The maximum Gasteiger partial charge on any atom is 0.323 e. The molecule has 0 aliphatic rings. The van der Waals surface area contributed by atoms with Crippen LogP contribution < -0.4 is 10.6 Å². The maximum atomic E-state index is 11.8. The Balaban J connectivity index is 2.01. The van der Waals surface area contributed by atoms with E-state index in [0.29, 0.717) is 0 Å². The van der Waals surface area contributed by atoms with Crippen LogP contribution in [0, 0.1) is 5.41 Å². The first kappa shape index (κ1) is 14.1. The lowest BCUT2D eigenvalue weighted by Crippen LogP contribution is -2.25. The molecule has 0 radical (unpaired) electrons. The maximum absolute atomic E-state index is 11.8. The summed E-state index contributed by atoms with van der Waals surface area (Å²) in [6.45, 7) is 8.30. The van der Waals surface area contributed by atoms with Crippen molar-refractivity contribution in [3.8, 4) is 0 Å². The van der Waals surface area contributed by atoms with Gasteiger partial charge in [-0.1, -0.05) is 26.3 Å². The topological polar surface area (TPSA) is 69.8 Å². The van der Waals surface area contributed by atoms with Crippen LogP contribution in [0.1, 0.15) is 27.7 Å². The number of fused-ring (bicyclic) bond motifs is 1. The number of hydrogen-bond acceptors (Lipinski definition) is 2. The fourth-order valence-corrected chi connectivity index (χ4v) is 1.57. The molecule has 0 aliphatic carbocycles. The molecule has 0 unspecified atom stereocenters. The fourth-order valence-electron chi connectivity index (χ4n) is 1.57. The van der Waals surface area contributed by atoms with Gasteiger partial charge in [0, 0.05) is 17.3 Å². The molecule has 3 N–H and O–H groups in total. The molecule has 1 aromatic carbocycles. The zero-order chi connectivity index (χ0) is 14.8. The zero-order valence-electron chi connectivity index (χ0n) is 12.2. The second-order valence-electron chi connectivity index (χ2n) is 5.85. The number of rotatable bonds is 2. The molecule has 0 aliphatic heterocycles. The van der Waals surface area contributed by atoms with E-state index in [2.05, 4.69) is 41.6 Å². The molecular weight excluding hydrogens is 252 g/mol. The van der Waals surface area contributed by atoms with E-state index in [9.17, 15) is 4.79 Å². The Labute approximate surface area is 118 Å². The van der Waals surface area contributed by atoms with E-state index in [0.717, 1.165) is 22.2 Å². The van der Waals surface area contributed by atoms with Gasteiger partial charge in [0.15, 0.2) is 0 Å². The molecule has 5 heteroatoms. The van der Waals surface area contributed by atoms with E-state index in [4.69, 9.17) is 0 Å². The number of urea groups is 1. The monoisotopic (exact) mass is 272 g/mol. The Kier molecular flexibility index (Phi) is 3.79. The van der Waals surface area contributed by atoms with Crippen LogP contribution in [0.5, 0.6) is 0 Å². The molecule has 20 heavy (non-hydrogen) atoms. The second-order valence-corrected chi connectivity index (χ2v) is 5.85. The zero-order valence-corrected chi connectivity index (χ0v) is 12.2. The molecule has 2 amide bonds. The van der Waals surface area contributed by atoms with Gasteiger partial charge in [-0.25, -0.2) is 4.79 Å². The van der Waals surface area contributed by atoms with Crippen molar-refractivity contribution in [2.24, 2.45) is 5.41 Å². The molecule has 0 saturated heterocycles. The van der Waals surface area contributed by atoms with E-state index in [-0.39, 0.29) is 11.4 Å². The molecule has 1 aromatic heterocycles. The molecule has 2 aromatic rings. The van der Waals surface area contributed by atoms with Gasteiger partial charge >= 0.3 is 6.03 Å². The predicted molar refractivity (Wildman–Crippen MR) is 81.5 cm³/mol. The minimum atomic E-state index is -0.257. The lowest BCUT2D eigenvalue weighted by molar-refractivity contribution is 0.255.